The number of hydrogen-bond acceptors (Lipinski definition) is 2. The molecule has 0 fully saturated rings. The van der Waals surface area contributed by atoms with Crippen LogP contribution in [0.3, 0.4) is 0 Å². The summed E-state index contributed by atoms with van der Waals surface area (Å²) in [6.45, 7) is 7.30. The molecule has 1 aliphatic heterocycles. The van der Waals surface area contributed by atoms with Crippen molar-refractivity contribution in [1.29, 1.82) is 0 Å². The average molecular weight is 440 g/mol. The summed E-state index contributed by atoms with van der Waals surface area (Å²) in [6, 6.07) is 22.5. The zero-order valence-electron chi connectivity index (χ0n) is 19.3. The Hall–Kier alpha value is -3.80. The Balaban J connectivity index is 1.74. The number of amides is 2. The van der Waals surface area contributed by atoms with Crippen LogP contribution in [0.25, 0.3) is 11.5 Å². The number of nitrogens with zero attached hydrogens (tertiary/aromatic N) is 4. The van der Waals surface area contributed by atoms with E-state index >= 15 is 0 Å². The second kappa shape index (κ2) is 8.62. The van der Waals surface area contributed by atoms with Crippen molar-refractivity contribution in [2.45, 2.75) is 39.8 Å². The number of carbonyl (C=O) groups is 1. The van der Waals surface area contributed by atoms with Crippen LogP contribution in [0.15, 0.2) is 72.9 Å². The number of para-hydroxylation sites is 1. The maximum atomic E-state index is 13.5. The van der Waals surface area contributed by atoms with Gasteiger partial charge in [0.25, 0.3) is 0 Å². The van der Waals surface area contributed by atoms with E-state index in [0.717, 1.165) is 40.4 Å². The number of benzene rings is 2. The molecule has 1 atom stereocenters. The highest BCUT2D eigenvalue weighted by molar-refractivity contribution is 5.76. The Kier molecular flexibility index (Phi) is 5.50. The Labute approximate surface area is 194 Å². The first-order valence-electron chi connectivity index (χ1n) is 11.5. The molecular formula is C27H29N5O. The summed E-state index contributed by atoms with van der Waals surface area (Å²) >= 11 is 0. The molecule has 4 aromatic rings. The second-order valence-corrected chi connectivity index (χ2v) is 8.61. The topological polar surface area (TPSA) is 55.1 Å². The molecule has 1 aliphatic rings. The standard InChI is InChI=1S/C27H29N5O/c1-4-15-28-27(33)31-18-23-20(3)29-32(22-12-6-5-7-13-22)26(23)30-16-9-14-24(30)25(31)21-11-8-10-19(2)17-21/h5-14,16-17,25H,4,15,18H2,1-3H3,(H,28,33). The fourth-order valence-electron chi connectivity index (χ4n) is 4.67. The van der Waals surface area contributed by atoms with Gasteiger partial charge >= 0.3 is 6.03 Å². The van der Waals surface area contributed by atoms with E-state index in [4.69, 9.17) is 5.10 Å². The number of carbonyl (C=O) groups excluding carboxylic acids is 1. The van der Waals surface area contributed by atoms with Gasteiger partial charge in [-0.25, -0.2) is 9.48 Å². The Morgan fingerprint density at radius 3 is 2.64 bits per heavy atom. The molecular weight excluding hydrogens is 410 g/mol. The van der Waals surface area contributed by atoms with Gasteiger partial charge in [-0.1, -0.05) is 55.0 Å². The van der Waals surface area contributed by atoms with Crippen molar-refractivity contribution in [1.82, 2.24) is 24.6 Å². The van der Waals surface area contributed by atoms with Crippen LogP contribution in [0.5, 0.6) is 0 Å². The van der Waals surface area contributed by atoms with E-state index in [2.05, 4.69) is 72.4 Å². The molecule has 1 N–H and O–H groups in total. The second-order valence-electron chi connectivity index (χ2n) is 8.61. The average Bonchev–Trinajstić information content (AvgIpc) is 3.38. The van der Waals surface area contributed by atoms with Gasteiger partial charge in [-0.05, 0) is 50.1 Å². The molecule has 168 valence electrons. The number of fused-ring (bicyclic) bond motifs is 3. The maximum absolute atomic E-state index is 13.5. The smallest absolute Gasteiger partial charge is 0.318 e. The van der Waals surface area contributed by atoms with E-state index in [9.17, 15) is 4.79 Å². The van der Waals surface area contributed by atoms with Crippen LogP contribution in [0.2, 0.25) is 0 Å². The molecule has 33 heavy (non-hydrogen) atoms. The number of hydrogen-bond donors (Lipinski definition) is 1. The summed E-state index contributed by atoms with van der Waals surface area (Å²) in [5.41, 5.74) is 6.29. The minimum atomic E-state index is -0.215. The van der Waals surface area contributed by atoms with Crippen molar-refractivity contribution < 1.29 is 4.79 Å². The molecule has 0 bridgehead atoms. The molecule has 6 heteroatoms. The van der Waals surface area contributed by atoms with Crippen LogP contribution in [-0.4, -0.2) is 31.8 Å². The van der Waals surface area contributed by atoms with Crippen LogP contribution in [0.1, 0.15) is 47.5 Å². The third-order valence-corrected chi connectivity index (χ3v) is 6.23. The Morgan fingerprint density at radius 2 is 1.88 bits per heavy atom. The zero-order valence-corrected chi connectivity index (χ0v) is 19.3. The first-order valence-corrected chi connectivity index (χ1v) is 11.5. The summed E-state index contributed by atoms with van der Waals surface area (Å²) in [4.78, 5) is 15.4. The molecule has 5 rings (SSSR count). The lowest BCUT2D eigenvalue weighted by Crippen LogP contribution is -2.42. The van der Waals surface area contributed by atoms with Crippen LogP contribution >= 0.6 is 0 Å². The van der Waals surface area contributed by atoms with Crippen molar-refractivity contribution >= 4 is 6.03 Å². The Bertz CT molecular complexity index is 1290. The molecule has 0 aliphatic carbocycles. The lowest BCUT2D eigenvalue weighted by Gasteiger charge is -2.31. The lowest BCUT2D eigenvalue weighted by molar-refractivity contribution is 0.180. The molecule has 3 heterocycles. The molecule has 0 saturated carbocycles. The minimum Gasteiger partial charge on any atom is -0.338 e. The van der Waals surface area contributed by atoms with E-state index < -0.39 is 0 Å². The summed E-state index contributed by atoms with van der Waals surface area (Å²) in [6.07, 6.45) is 2.96. The van der Waals surface area contributed by atoms with E-state index in [-0.39, 0.29) is 12.1 Å². The number of nitrogens with one attached hydrogen (secondary N) is 1. The number of aromatic nitrogens is 3. The van der Waals surface area contributed by atoms with Crippen molar-refractivity contribution in [2.24, 2.45) is 0 Å². The predicted octanol–water partition coefficient (Wildman–Crippen LogP) is 5.30. The number of aryl methyl sites for hydroxylation is 2. The van der Waals surface area contributed by atoms with Crippen molar-refractivity contribution in [3.63, 3.8) is 0 Å². The molecule has 0 spiro atoms. The predicted molar refractivity (Wildman–Crippen MR) is 130 cm³/mol. The monoisotopic (exact) mass is 439 g/mol. The molecule has 2 aromatic carbocycles. The van der Waals surface area contributed by atoms with Gasteiger partial charge in [0.1, 0.15) is 5.82 Å². The van der Waals surface area contributed by atoms with Gasteiger partial charge in [-0.2, -0.15) is 5.10 Å². The number of rotatable bonds is 4. The van der Waals surface area contributed by atoms with Gasteiger partial charge < -0.3 is 14.8 Å². The van der Waals surface area contributed by atoms with E-state index in [1.807, 2.05) is 40.8 Å². The third kappa shape index (κ3) is 3.71. The lowest BCUT2D eigenvalue weighted by atomic mass is 10.00. The van der Waals surface area contributed by atoms with Gasteiger partial charge in [0.15, 0.2) is 0 Å². The largest absolute Gasteiger partial charge is 0.338 e. The maximum Gasteiger partial charge on any atom is 0.318 e. The minimum absolute atomic E-state index is 0.0594. The van der Waals surface area contributed by atoms with Crippen LogP contribution in [0, 0.1) is 13.8 Å². The highest BCUT2D eigenvalue weighted by atomic mass is 16.2. The first-order chi connectivity index (χ1) is 16.1. The molecule has 0 radical (unpaired) electrons. The fraction of sp³-hybridized carbons (Fsp3) is 0.259. The van der Waals surface area contributed by atoms with Crippen molar-refractivity contribution in [3.05, 3.63) is 101 Å². The van der Waals surface area contributed by atoms with Gasteiger partial charge in [-0.3, -0.25) is 0 Å². The SMILES string of the molecule is CCCNC(=O)N1Cc2c(C)nn(-c3ccccc3)c2-n2cccc2C1c1cccc(C)c1. The van der Waals surface area contributed by atoms with Gasteiger partial charge in [-0.15, -0.1) is 0 Å². The van der Waals surface area contributed by atoms with Crippen molar-refractivity contribution in [2.75, 3.05) is 6.54 Å². The Morgan fingerprint density at radius 1 is 1.06 bits per heavy atom. The van der Waals surface area contributed by atoms with Gasteiger partial charge in [0, 0.05) is 18.3 Å². The first kappa shape index (κ1) is 21.1. The van der Waals surface area contributed by atoms with Gasteiger partial charge in [0.05, 0.1) is 29.7 Å². The summed E-state index contributed by atoms with van der Waals surface area (Å²) in [5, 5.41) is 7.99. The summed E-state index contributed by atoms with van der Waals surface area (Å²) < 4.78 is 4.19. The van der Waals surface area contributed by atoms with E-state index in [0.29, 0.717) is 13.1 Å². The highest BCUT2D eigenvalue weighted by Gasteiger charge is 2.35. The van der Waals surface area contributed by atoms with E-state index in [1.54, 1.807) is 0 Å². The summed E-state index contributed by atoms with van der Waals surface area (Å²) in [7, 11) is 0. The quantitative estimate of drug-likeness (QED) is 0.469. The van der Waals surface area contributed by atoms with Crippen molar-refractivity contribution in [3.8, 4) is 11.5 Å². The number of urea groups is 1. The van der Waals surface area contributed by atoms with Crippen LogP contribution < -0.4 is 5.32 Å². The summed E-state index contributed by atoms with van der Waals surface area (Å²) in [5.74, 6) is 0.988. The normalized spacial score (nSPS) is 15.0. The van der Waals surface area contributed by atoms with Gasteiger partial charge in [0.2, 0.25) is 0 Å². The fourth-order valence-corrected chi connectivity index (χ4v) is 4.67. The highest BCUT2D eigenvalue weighted by Crippen LogP contribution is 2.38. The molecule has 2 amide bonds. The van der Waals surface area contributed by atoms with E-state index in [1.165, 1.54) is 5.56 Å². The third-order valence-electron chi connectivity index (χ3n) is 6.23. The van der Waals surface area contributed by atoms with Crippen LogP contribution in [-0.2, 0) is 6.54 Å². The molecule has 1 unspecified atom stereocenters. The van der Waals surface area contributed by atoms with Crippen LogP contribution in [0.4, 0.5) is 4.79 Å². The molecule has 6 nitrogen and oxygen atoms in total. The zero-order chi connectivity index (χ0) is 22.9. The molecule has 2 aromatic heterocycles. The molecule has 0 saturated heterocycles.